The van der Waals surface area contributed by atoms with Gasteiger partial charge in [0.05, 0.1) is 0 Å². The summed E-state index contributed by atoms with van der Waals surface area (Å²) in [6.45, 7) is 17.0. The minimum atomic E-state index is 0.371. The molecule has 0 heterocycles. The van der Waals surface area contributed by atoms with Crippen LogP contribution in [0.4, 0.5) is 0 Å². The van der Waals surface area contributed by atoms with E-state index in [9.17, 15) is 0 Å². The van der Waals surface area contributed by atoms with Crippen LogP contribution in [-0.4, -0.2) is 0 Å². The van der Waals surface area contributed by atoms with Crippen LogP contribution in [0.5, 0.6) is 0 Å². The fourth-order valence-corrected chi connectivity index (χ4v) is 7.16. The van der Waals surface area contributed by atoms with Crippen LogP contribution >= 0.6 is 0 Å². The third-order valence-corrected chi connectivity index (χ3v) is 8.97. The van der Waals surface area contributed by atoms with E-state index in [-0.39, 0.29) is 0 Å². The molecular formula is C26H44. The third-order valence-electron chi connectivity index (χ3n) is 8.97. The van der Waals surface area contributed by atoms with Gasteiger partial charge >= 0.3 is 0 Å². The molecule has 0 aromatic heterocycles. The van der Waals surface area contributed by atoms with Gasteiger partial charge in [0.25, 0.3) is 0 Å². The van der Waals surface area contributed by atoms with Crippen LogP contribution in [0.2, 0.25) is 0 Å². The topological polar surface area (TPSA) is 0 Å². The average Bonchev–Trinajstić information content (AvgIpc) is 3.00. The fraction of sp³-hybridized carbons (Fsp3) is 0.846. The van der Waals surface area contributed by atoms with Crippen LogP contribution in [-0.2, 0) is 0 Å². The first-order valence-electron chi connectivity index (χ1n) is 11.6. The van der Waals surface area contributed by atoms with Crippen LogP contribution in [0.3, 0.4) is 0 Å². The molecule has 3 saturated carbocycles. The lowest BCUT2D eigenvalue weighted by atomic mass is 9.46. The Morgan fingerprint density at radius 3 is 2.62 bits per heavy atom. The molecule has 148 valence electrons. The SMILES string of the molecule is C=C1CCC(C)CC1(C)C1(C)CCCC2C(C/C=C\CC(C)C)CCC21. The van der Waals surface area contributed by atoms with Gasteiger partial charge in [0.2, 0.25) is 0 Å². The summed E-state index contributed by atoms with van der Waals surface area (Å²) in [5.74, 6) is 4.52. The standard InChI is InChI=1S/C26H44/c1-19(2)10-7-8-11-22-15-16-24-23(22)12-9-17-25(24,5)26(6)18-20(3)13-14-21(26)4/h7-8,19-20,22-24H,4,9-18H2,1-3,5-6H3/b8-7-. The first-order valence-corrected chi connectivity index (χ1v) is 11.6. The predicted molar refractivity (Wildman–Crippen MR) is 115 cm³/mol. The fourth-order valence-electron chi connectivity index (χ4n) is 7.16. The zero-order valence-electron chi connectivity index (χ0n) is 18.3. The Balaban J connectivity index is 1.74. The molecule has 0 radical (unpaired) electrons. The Morgan fingerprint density at radius 2 is 1.88 bits per heavy atom. The summed E-state index contributed by atoms with van der Waals surface area (Å²) in [6.07, 6.45) is 18.9. The molecule has 3 rings (SSSR count). The summed E-state index contributed by atoms with van der Waals surface area (Å²) in [5.41, 5.74) is 2.44. The van der Waals surface area contributed by atoms with Gasteiger partial charge < -0.3 is 0 Å². The maximum absolute atomic E-state index is 4.62. The highest BCUT2D eigenvalue weighted by atomic mass is 14.6. The van der Waals surface area contributed by atoms with Gasteiger partial charge in [0, 0.05) is 0 Å². The Kier molecular flexibility index (Phi) is 6.10. The second kappa shape index (κ2) is 7.84. The van der Waals surface area contributed by atoms with Crippen molar-refractivity contribution in [3.8, 4) is 0 Å². The van der Waals surface area contributed by atoms with E-state index >= 15 is 0 Å². The second-order valence-electron chi connectivity index (χ2n) is 11.0. The first kappa shape index (κ1) is 20.2. The Morgan fingerprint density at radius 1 is 1.12 bits per heavy atom. The summed E-state index contributed by atoms with van der Waals surface area (Å²) >= 11 is 0. The van der Waals surface area contributed by atoms with E-state index in [1.165, 1.54) is 64.2 Å². The number of fused-ring (bicyclic) bond motifs is 1. The van der Waals surface area contributed by atoms with Crippen LogP contribution in [0.1, 0.15) is 98.8 Å². The lowest BCUT2D eigenvalue weighted by Gasteiger charge is -2.58. The molecule has 0 saturated heterocycles. The van der Waals surface area contributed by atoms with Gasteiger partial charge in [-0.1, -0.05) is 65.3 Å². The van der Waals surface area contributed by atoms with Crippen molar-refractivity contribution < 1.29 is 0 Å². The Labute approximate surface area is 163 Å². The van der Waals surface area contributed by atoms with Crippen molar-refractivity contribution >= 4 is 0 Å². The zero-order valence-corrected chi connectivity index (χ0v) is 18.3. The number of hydrogen-bond acceptors (Lipinski definition) is 0. The minimum Gasteiger partial charge on any atom is -0.0993 e. The number of rotatable bonds is 5. The Bertz CT molecular complexity index is 526. The minimum absolute atomic E-state index is 0.371. The number of hydrogen-bond donors (Lipinski definition) is 0. The molecule has 6 unspecified atom stereocenters. The molecule has 0 aromatic rings. The Hall–Kier alpha value is -0.520. The largest absolute Gasteiger partial charge is 0.0993 e. The van der Waals surface area contributed by atoms with Crippen molar-refractivity contribution in [1.82, 2.24) is 0 Å². The third kappa shape index (κ3) is 3.59. The van der Waals surface area contributed by atoms with Crippen molar-refractivity contribution in [1.29, 1.82) is 0 Å². The van der Waals surface area contributed by atoms with E-state index in [1.807, 2.05) is 0 Å². The zero-order chi connectivity index (χ0) is 18.9. The molecule has 0 N–H and O–H groups in total. The van der Waals surface area contributed by atoms with Gasteiger partial charge in [-0.3, -0.25) is 0 Å². The second-order valence-corrected chi connectivity index (χ2v) is 11.0. The molecule has 3 aliphatic rings. The number of allylic oxidation sites excluding steroid dienone is 3. The maximum Gasteiger partial charge on any atom is -0.00600 e. The van der Waals surface area contributed by atoms with E-state index in [4.69, 9.17) is 0 Å². The summed E-state index contributed by atoms with van der Waals surface area (Å²) in [5, 5.41) is 0. The van der Waals surface area contributed by atoms with E-state index in [1.54, 1.807) is 5.57 Å². The molecule has 3 fully saturated rings. The summed E-state index contributed by atoms with van der Waals surface area (Å²) in [6, 6.07) is 0. The van der Waals surface area contributed by atoms with Crippen molar-refractivity contribution in [2.45, 2.75) is 98.8 Å². The summed E-state index contributed by atoms with van der Waals surface area (Å²) in [4.78, 5) is 0. The molecule has 0 aliphatic heterocycles. The van der Waals surface area contributed by atoms with Gasteiger partial charge in [-0.2, -0.15) is 0 Å². The first-order chi connectivity index (χ1) is 12.3. The molecule has 3 aliphatic carbocycles. The van der Waals surface area contributed by atoms with Crippen LogP contribution < -0.4 is 0 Å². The maximum atomic E-state index is 4.62. The molecule has 26 heavy (non-hydrogen) atoms. The van der Waals surface area contributed by atoms with Crippen molar-refractivity contribution in [3.05, 3.63) is 24.3 Å². The van der Waals surface area contributed by atoms with Crippen molar-refractivity contribution in [2.24, 2.45) is 40.4 Å². The molecule has 0 amide bonds. The molecule has 0 spiro atoms. The lowest BCUT2D eigenvalue weighted by Crippen LogP contribution is -2.50. The molecule has 0 nitrogen and oxygen atoms in total. The highest BCUT2D eigenvalue weighted by Crippen LogP contribution is 2.66. The quantitative estimate of drug-likeness (QED) is 0.435. The van der Waals surface area contributed by atoms with Crippen molar-refractivity contribution in [3.63, 3.8) is 0 Å². The highest BCUT2D eigenvalue weighted by Gasteiger charge is 2.57. The van der Waals surface area contributed by atoms with Crippen molar-refractivity contribution in [2.75, 3.05) is 0 Å². The lowest BCUT2D eigenvalue weighted by molar-refractivity contribution is -0.0512. The monoisotopic (exact) mass is 356 g/mol. The van der Waals surface area contributed by atoms with Gasteiger partial charge in [0.1, 0.15) is 0 Å². The smallest absolute Gasteiger partial charge is 0.00600 e. The molecule has 0 bridgehead atoms. The molecular weight excluding hydrogens is 312 g/mol. The summed E-state index contributed by atoms with van der Waals surface area (Å²) < 4.78 is 0. The highest BCUT2D eigenvalue weighted by molar-refractivity contribution is 5.21. The molecule has 0 aromatic carbocycles. The van der Waals surface area contributed by atoms with E-state index < -0.39 is 0 Å². The van der Waals surface area contributed by atoms with Crippen LogP contribution in [0.15, 0.2) is 24.3 Å². The normalized spacial score (nSPS) is 44.0. The summed E-state index contributed by atoms with van der Waals surface area (Å²) in [7, 11) is 0. The van der Waals surface area contributed by atoms with Gasteiger partial charge in [-0.05, 0) is 98.2 Å². The van der Waals surface area contributed by atoms with Gasteiger partial charge in [-0.15, -0.1) is 0 Å². The van der Waals surface area contributed by atoms with E-state index in [0.717, 1.165) is 29.6 Å². The average molecular weight is 357 g/mol. The van der Waals surface area contributed by atoms with Gasteiger partial charge in [0.15, 0.2) is 0 Å². The van der Waals surface area contributed by atoms with Gasteiger partial charge in [-0.25, -0.2) is 0 Å². The molecule has 6 atom stereocenters. The molecule has 0 heteroatoms. The van der Waals surface area contributed by atoms with E-state index in [2.05, 4.69) is 53.3 Å². The van der Waals surface area contributed by atoms with E-state index in [0.29, 0.717) is 10.8 Å². The van der Waals surface area contributed by atoms with Crippen LogP contribution in [0.25, 0.3) is 0 Å². The predicted octanol–water partition coefficient (Wildman–Crippen LogP) is 8.19. The van der Waals surface area contributed by atoms with Crippen LogP contribution in [0, 0.1) is 40.4 Å².